The molecule has 0 spiro atoms. The van der Waals surface area contributed by atoms with Crippen LogP contribution in [0.15, 0.2) is 24.3 Å². The molecular weight excluding hydrogens is 544 g/mol. The number of carbonyl (C=O) groups excluding carboxylic acids is 4. The van der Waals surface area contributed by atoms with Crippen molar-refractivity contribution in [1.29, 1.82) is 0 Å². The van der Waals surface area contributed by atoms with E-state index in [1.165, 1.54) is 19.9 Å². The van der Waals surface area contributed by atoms with Crippen LogP contribution in [0.25, 0.3) is 0 Å². The molecule has 3 rings (SSSR count). The average Bonchev–Trinajstić information content (AvgIpc) is 3.10. The number of carbonyl (C=O) groups is 4. The lowest BCUT2D eigenvalue weighted by atomic mass is 9.52. The van der Waals surface area contributed by atoms with E-state index >= 15 is 0 Å². The van der Waals surface area contributed by atoms with E-state index in [1.54, 1.807) is 33.8 Å². The van der Waals surface area contributed by atoms with Crippen LogP contribution >= 0.6 is 11.6 Å². The molecule has 10 atom stereocenters. The standard InChI is InChI=1S/C29H41ClO10/c1-9-20(32)38-18-11-10-15(4)21(30)23-29(36,16(5)26(34)40-23)24(37-17(6)31)22-27(18,7)13-12-19(28(22,8)35)39-25(33)14(2)3/h10-11,14,16,18-19,21-24,35-36H,4,9,12-13H2,1-3,5-8H3. The molecule has 0 aromatic carbocycles. The number of alkyl halides is 1. The smallest absolute Gasteiger partial charge is 0.312 e. The molecule has 0 amide bonds. The van der Waals surface area contributed by atoms with E-state index < -0.39 is 88.0 Å². The molecule has 10 unspecified atom stereocenters. The summed E-state index contributed by atoms with van der Waals surface area (Å²) in [6.07, 6.45) is -1.53. The van der Waals surface area contributed by atoms with Crippen LogP contribution in [-0.2, 0) is 38.1 Å². The zero-order valence-electron chi connectivity index (χ0n) is 24.1. The molecule has 1 saturated heterocycles. The predicted octanol–water partition coefficient (Wildman–Crippen LogP) is 3.00. The molecule has 1 heterocycles. The predicted molar refractivity (Wildman–Crippen MR) is 144 cm³/mol. The highest BCUT2D eigenvalue weighted by Crippen LogP contribution is 2.57. The minimum absolute atomic E-state index is 0.0634. The Labute approximate surface area is 240 Å². The molecule has 0 bridgehead atoms. The number of allylic oxidation sites excluding steroid dienone is 1. The minimum Gasteiger partial charge on any atom is -0.459 e. The van der Waals surface area contributed by atoms with Crippen LogP contribution in [0, 0.1) is 23.2 Å². The summed E-state index contributed by atoms with van der Waals surface area (Å²) in [5.74, 6) is -5.63. The quantitative estimate of drug-likeness (QED) is 0.281. The van der Waals surface area contributed by atoms with E-state index in [1.807, 2.05) is 0 Å². The lowest BCUT2D eigenvalue weighted by Gasteiger charge is -2.58. The molecular formula is C29H41ClO10. The van der Waals surface area contributed by atoms with Gasteiger partial charge in [-0.05, 0) is 38.3 Å². The van der Waals surface area contributed by atoms with Gasteiger partial charge in [0.1, 0.15) is 23.9 Å². The van der Waals surface area contributed by atoms with Gasteiger partial charge in [0.25, 0.3) is 0 Å². The molecule has 0 radical (unpaired) electrons. The largest absolute Gasteiger partial charge is 0.459 e. The Bertz CT molecular complexity index is 1080. The number of hydrogen-bond donors (Lipinski definition) is 2. The summed E-state index contributed by atoms with van der Waals surface area (Å²) in [5.41, 5.74) is -5.15. The third-order valence-corrected chi connectivity index (χ3v) is 9.28. The molecule has 11 heteroatoms. The van der Waals surface area contributed by atoms with Crippen molar-refractivity contribution < 1.29 is 48.3 Å². The molecule has 1 aliphatic heterocycles. The molecule has 2 aliphatic carbocycles. The second-order valence-electron chi connectivity index (χ2n) is 11.9. The number of fused-ring (bicyclic) bond motifs is 2. The van der Waals surface area contributed by atoms with Gasteiger partial charge in [-0.1, -0.05) is 40.3 Å². The Morgan fingerprint density at radius 1 is 1.20 bits per heavy atom. The number of hydrogen-bond acceptors (Lipinski definition) is 10. The Morgan fingerprint density at radius 2 is 1.82 bits per heavy atom. The number of aliphatic hydroxyl groups is 2. The van der Waals surface area contributed by atoms with E-state index in [2.05, 4.69) is 6.58 Å². The SMILES string of the molecule is C=C1C=CC(OC(=O)CC)C2(C)CCC(OC(=O)C(C)C)C(C)(O)C2C(OC(C)=O)C2(O)C(C)C(=O)OC2C1Cl. The molecule has 10 nitrogen and oxygen atoms in total. The van der Waals surface area contributed by atoms with Crippen molar-refractivity contribution >= 4 is 35.5 Å². The number of ether oxygens (including phenoxy) is 4. The van der Waals surface area contributed by atoms with Gasteiger partial charge in [-0.15, -0.1) is 11.6 Å². The third-order valence-electron chi connectivity index (χ3n) is 8.77. The highest BCUT2D eigenvalue weighted by atomic mass is 35.5. The van der Waals surface area contributed by atoms with Gasteiger partial charge >= 0.3 is 23.9 Å². The van der Waals surface area contributed by atoms with E-state index in [0.29, 0.717) is 0 Å². The molecule has 2 fully saturated rings. The molecule has 2 N–H and O–H groups in total. The number of rotatable bonds is 5. The van der Waals surface area contributed by atoms with Gasteiger partial charge in [-0.2, -0.15) is 0 Å². The Morgan fingerprint density at radius 3 is 2.38 bits per heavy atom. The highest BCUT2D eigenvalue weighted by molar-refractivity contribution is 6.23. The van der Waals surface area contributed by atoms with Crippen LogP contribution in [-0.4, -0.2) is 75.1 Å². The summed E-state index contributed by atoms with van der Waals surface area (Å²) in [4.78, 5) is 50.8. The maximum absolute atomic E-state index is 12.9. The fraction of sp³-hybridized carbons (Fsp3) is 0.724. The maximum atomic E-state index is 12.9. The van der Waals surface area contributed by atoms with Crippen molar-refractivity contribution in [2.75, 3.05) is 0 Å². The lowest BCUT2D eigenvalue weighted by molar-refractivity contribution is -0.266. The zero-order chi connectivity index (χ0) is 30.4. The van der Waals surface area contributed by atoms with Gasteiger partial charge in [-0.25, -0.2) is 0 Å². The van der Waals surface area contributed by atoms with Crippen molar-refractivity contribution in [1.82, 2.24) is 0 Å². The third kappa shape index (κ3) is 5.42. The summed E-state index contributed by atoms with van der Waals surface area (Å²) >= 11 is 6.72. The highest BCUT2D eigenvalue weighted by Gasteiger charge is 2.71. The fourth-order valence-electron chi connectivity index (χ4n) is 6.37. The van der Waals surface area contributed by atoms with E-state index in [4.69, 9.17) is 30.5 Å². The molecule has 0 aromatic heterocycles. The van der Waals surface area contributed by atoms with Crippen LogP contribution < -0.4 is 0 Å². The summed E-state index contributed by atoms with van der Waals surface area (Å²) in [5, 5.41) is 23.5. The van der Waals surface area contributed by atoms with Crippen molar-refractivity contribution in [2.45, 2.75) is 109 Å². The van der Waals surface area contributed by atoms with Gasteiger partial charge in [0.2, 0.25) is 0 Å². The first kappa shape index (κ1) is 32.1. The molecule has 224 valence electrons. The first-order valence-corrected chi connectivity index (χ1v) is 14.1. The Kier molecular flexibility index (Phi) is 9.19. The second kappa shape index (κ2) is 11.4. The van der Waals surface area contributed by atoms with Gasteiger partial charge < -0.3 is 29.2 Å². The van der Waals surface area contributed by atoms with Crippen LogP contribution in [0.2, 0.25) is 0 Å². The zero-order valence-corrected chi connectivity index (χ0v) is 24.9. The first-order chi connectivity index (χ1) is 18.4. The molecule has 3 aliphatic rings. The summed E-state index contributed by atoms with van der Waals surface area (Å²) in [7, 11) is 0. The van der Waals surface area contributed by atoms with Crippen molar-refractivity contribution in [3.8, 4) is 0 Å². The topological polar surface area (TPSA) is 146 Å². The first-order valence-electron chi connectivity index (χ1n) is 13.7. The van der Waals surface area contributed by atoms with Crippen molar-refractivity contribution in [2.24, 2.45) is 23.2 Å². The second-order valence-corrected chi connectivity index (χ2v) is 12.4. The normalized spacial score (nSPS) is 41.4. The van der Waals surface area contributed by atoms with Crippen LogP contribution in [0.1, 0.15) is 67.7 Å². The minimum atomic E-state index is -2.25. The monoisotopic (exact) mass is 584 g/mol. The Hall–Kier alpha value is -2.43. The summed E-state index contributed by atoms with van der Waals surface area (Å²) in [6, 6.07) is 0. The van der Waals surface area contributed by atoms with Gasteiger partial charge in [0, 0.05) is 24.7 Å². The van der Waals surface area contributed by atoms with Gasteiger partial charge in [-0.3, -0.25) is 19.2 Å². The number of esters is 4. The van der Waals surface area contributed by atoms with Crippen molar-refractivity contribution in [3.63, 3.8) is 0 Å². The number of halogens is 1. The van der Waals surface area contributed by atoms with E-state index in [9.17, 15) is 29.4 Å². The van der Waals surface area contributed by atoms with Crippen LogP contribution in [0.5, 0.6) is 0 Å². The molecule has 40 heavy (non-hydrogen) atoms. The molecule has 1 saturated carbocycles. The van der Waals surface area contributed by atoms with Crippen LogP contribution in [0.4, 0.5) is 0 Å². The van der Waals surface area contributed by atoms with Gasteiger partial charge in [0.05, 0.1) is 17.2 Å². The fourth-order valence-corrected chi connectivity index (χ4v) is 6.69. The van der Waals surface area contributed by atoms with E-state index in [0.717, 1.165) is 6.92 Å². The lowest BCUT2D eigenvalue weighted by Crippen LogP contribution is -2.71. The summed E-state index contributed by atoms with van der Waals surface area (Å²) in [6.45, 7) is 14.6. The van der Waals surface area contributed by atoms with E-state index in [-0.39, 0.29) is 24.8 Å². The van der Waals surface area contributed by atoms with Crippen molar-refractivity contribution in [3.05, 3.63) is 24.3 Å². The average molecular weight is 585 g/mol. The summed E-state index contributed by atoms with van der Waals surface area (Å²) < 4.78 is 23.0. The molecule has 0 aromatic rings. The Balaban J connectivity index is 2.36. The van der Waals surface area contributed by atoms with Gasteiger partial charge in [0.15, 0.2) is 11.7 Å². The van der Waals surface area contributed by atoms with Crippen LogP contribution in [0.3, 0.4) is 0 Å². The maximum Gasteiger partial charge on any atom is 0.312 e.